The molecule has 5 N–H and O–H groups in total. The van der Waals surface area contributed by atoms with Crippen LogP contribution in [0.3, 0.4) is 0 Å². The van der Waals surface area contributed by atoms with E-state index < -0.39 is 37.3 Å². The fourth-order valence-corrected chi connectivity index (χ4v) is 3.91. The number of nitrogens with zero attached hydrogens (tertiary/aromatic N) is 4. The van der Waals surface area contributed by atoms with Crippen molar-refractivity contribution in [2.45, 2.75) is 62.4 Å². The van der Waals surface area contributed by atoms with Gasteiger partial charge in [0.15, 0.2) is 12.3 Å². The summed E-state index contributed by atoms with van der Waals surface area (Å²) in [5.74, 6) is -0.0833. The van der Waals surface area contributed by atoms with Gasteiger partial charge in [0.25, 0.3) is 5.91 Å². The first-order valence-corrected chi connectivity index (χ1v) is 11.7. The summed E-state index contributed by atoms with van der Waals surface area (Å²) < 4.78 is 11.3. The molecule has 6 atom stereocenters. The van der Waals surface area contributed by atoms with Gasteiger partial charge in [-0.3, -0.25) is 4.79 Å². The maximum absolute atomic E-state index is 12.9. The summed E-state index contributed by atoms with van der Waals surface area (Å²) in [5.41, 5.74) is 9.97. The van der Waals surface area contributed by atoms with E-state index in [1.54, 1.807) is 12.1 Å². The summed E-state index contributed by atoms with van der Waals surface area (Å²) in [4.78, 5) is 15.7. The number of ether oxygens (including phenoxy) is 2. The van der Waals surface area contributed by atoms with Gasteiger partial charge in [-0.1, -0.05) is 17.2 Å². The number of anilines is 1. The van der Waals surface area contributed by atoms with Gasteiger partial charge in [0.2, 0.25) is 0 Å². The van der Waals surface area contributed by atoms with E-state index in [1.807, 2.05) is 33.3 Å². The van der Waals surface area contributed by atoms with Crippen molar-refractivity contribution in [3.8, 4) is 0 Å². The molecular formula is C23H38N5O7+. The molecule has 1 aliphatic rings. The number of amides is 1. The number of hydrogen-bond acceptors (Lipinski definition) is 8. The van der Waals surface area contributed by atoms with Gasteiger partial charge in [0.1, 0.15) is 24.4 Å². The van der Waals surface area contributed by atoms with Crippen LogP contribution in [0.2, 0.25) is 0 Å². The maximum Gasteiger partial charge on any atom is 0.282 e. The minimum Gasteiger partial charge on any atom is -0.394 e. The van der Waals surface area contributed by atoms with Crippen LogP contribution in [0.15, 0.2) is 29.4 Å². The van der Waals surface area contributed by atoms with Crippen LogP contribution >= 0.6 is 0 Å². The maximum atomic E-state index is 12.9. The molecule has 1 aromatic carbocycles. The van der Waals surface area contributed by atoms with E-state index >= 15 is 0 Å². The van der Waals surface area contributed by atoms with E-state index in [0.29, 0.717) is 29.6 Å². The lowest BCUT2D eigenvalue weighted by atomic mass is 9.99. The predicted molar refractivity (Wildman–Crippen MR) is 128 cm³/mol. The summed E-state index contributed by atoms with van der Waals surface area (Å²) in [6.45, 7) is 0.0834. The third kappa shape index (κ3) is 8.71. The highest BCUT2D eigenvalue weighted by atomic mass is 16.7. The van der Waals surface area contributed by atoms with Crippen LogP contribution in [-0.4, -0.2) is 108 Å². The summed E-state index contributed by atoms with van der Waals surface area (Å²) in [6, 6.07) is 7.05. The second-order valence-corrected chi connectivity index (χ2v) is 9.59. The number of rotatable bonds is 13. The Hall–Kier alpha value is -2.28. The van der Waals surface area contributed by atoms with Gasteiger partial charge in [-0.05, 0) is 42.5 Å². The molecule has 0 radical (unpaired) electrons. The molecule has 12 heteroatoms. The van der Waals surface area contributed by atoms with Gasteiger partial charge in [0.05, 0.1) is 34.4 Å². The molecule has 1 amide bonds. The van der Waals surface area contributed by atoms with Crippen molar-refractivity contribution >= 4 is 11.6 Å². The molecule has 196 valence electrons. The molecule has 0 bridgehead atoms. The van der Waals surface area contributed by atoms with Crippen LogP contribution in [0.25, 0.3) is 10.4 Å². The van der Waals surface area contributed by atoms with Crippen molar-refractivity contribution in [3.05, 3.63) is 40.3 Å². The van der Waals surface area contributed by atoms with Crippen molar-refractivity contribution in [2.75, 3.05) is 46.2 Å². The number of carbonyl (C=O) groups is 1. The predicted octanol–water partition coefficient (Wildman–Crippen LogP) is 0.540. The molecule has 1 heterocycles. The summed E-state index contributed by atoms with van der Waals surface area (Å²) in [7, 11) is 5.91. The second kappa shape index (κ2) is 13.7. The van der Waals surface area contributed by atoms with E-state index in [1.165, 1.54) is 0 Å². The molecule has 0 saturated carbocycles. The average molecular weight is 497 g/mol. The first kappa shape index (κ1) is 29.0. The number of azide groups is 1. The van der Waals surface area contributed by atoms with Crippen LogP contribution in [0.4, 0.5) is 5.69 Å². The molecule has 35 heavy (non-hydrogen) atoms. The molecule has 0 aromatic heterocycles. The topological polar surface area (TPSA) is 177 Å². The van der Waals surface area contributed by atoms with Crippen molar-refractivity contribution in [3.63, 3.8) is 0 Å². The highest BCUT2D eigenvalue weighted by Gasteiger charge is 2.43. The smallest absolute Gasteiger partial charge is 0.282 e. The number of carbonyl (C=O) groups excluding carboxylic acids is 1. The Kier molecular flexibility index (Phi) is 11.3. The number of hydrogen-bond donors (Lipinski definition) is 5. The number of quaternary nitrogens is 1. The standard InChI is InChI=1S/C23H37N5O7/c1-28(2,3)17(6-4-5-12-25-27-24)22(33)26-16-9-7-15(8-10-16)11-13-34-23-21(32)20(31)19(30)18(14-29)35-23/h7-10,17-21,23,29-32H,4-6,11-14H2,1-3H3/p+1/t17-,18+,19+,20-,21+,23+/m0/s1. The first-order valence-electron chi connectivity index (χ1n) is 11.7. The van der Waals surface area contributed by atoms with Gasteiger partial charge in [-0.2, -0.15) is 0 Å². The summed E-state index contributed by atoms with van der Waals surface area (Å²) in [5, 5.41) is 45.4. The molecule has 1 aromatic rings. The monoisotopic (exact) mass is 496 g/mol. The number of aliphatic hydroxyl groups excluding tert-OH is 4. The second-order valence-electron chi connectivity index (χ2n) is 9.59. The number of likely N-dealkylation sites (N-methyl/N-ethyl adjacent to an activating group) is 1. The van der Waals surface area contributed by atoms with Crippen molar-refractivity contribution in [1.82, 2.24) is 0 Å². The Morgan fingerprint density at radius 3 is 2.46 bits per heavy atom. The molecule has 1 aliphatic heterocycles. The Labute approximate surface area is 205 Å². The van der Waals surface area contributed by atoms with E-state index in [4.69, 9.17) is 15.0 Å². The Bertz CT molecular complexity index is 840. The quantitative estimate of drug-likeness (QED) is 0.0869. The molecule has 1 fully saturated rings. The zero-order chi connectivity index (χ0) is 26.0. The molecular weight excluding hydrogens is 458 g/mol. The lowest BCUT2D eigenvalue weighted by molar-refractivity contribution is -0.886. The van der Waals surface area contributed by atoms with Crippen LogP contribution < -0.4 is 5.32 Å². The molecule has 1 saturated heterocycles. The zero-order valence-electron chi connectivity index (χ0n) is 20.5. The minimum atomic E-state index is -1.48. The lowest BCUT2D eigenvalue weighted by Crippen LogP contribution is -2.59. The molecule has 0 unspecified atom stereocenters. The number of aliphatic hydroxyl groups is 4. The van der Waals surface area contributed by atoms with E-state index in [2.05, 4.69) is 15.3 Å². The molecule has 0 spiro atoms. The van der Waals surface area contributed by atoms with Gasteiger partial charge in [-0.15, -0.1) is 0 Å². The largest absolute Gasteiger partial charge is 0.394 e. The summed E-state index contributed by atoms with van der Waals surface area (Å²) in [6.07, 6.45) is -3.85. The Morgan fingerprint density at radius 2 is 1.86 bits per heavy atom. The third-order valence-electron chi connectivity index (χ3n) is 6.03. The van der Waals surface area contributed by atoms with Crippen LogP contribution in [0, 0.1) is 0 Å². The molecule has 0 aliphatic carbocycles. The lowest BCUT2D eigenvalue weighted by Gasteiger charge is -2.39. The highest BCUT2D eigenvalue weighted by molar-refractivity contribution is 5.94. The molecule has 2 rings (SSSR count). The van der Waals surface area contributed by atoms with E-state index in [9.17, 15) is 25.2 Å². The number of benzene rings is 1. The van der Waals surface area contributed by atoms with Gasteiger partial charge in [0, 0.05) is 23.6 Å². The van der Waals surface area contributed by atoms with E-state index in [-0.39, 0.29) is 18.6 Å². The SMILES string of the molecule is C[N+](C)(C)[C@@H](CCCCN=[N+]=[N-])C(=O)Nc1ccc(CCO[C@@H]2O[C@H](CO)[C@@H](O)[C@H](O)[C@H]2O)cc1. The average Bonchev–Trinajstić information content (AvgIpc) is 2.81. The van der Waals surface area contributed by atoms with Crippen molar-refractivity contribution in [1.29, 1.82) is 0 Å². The number of nitrogens with one attached hydrogen (secondary N) is 1. The fourth-order valence-electron chi connectivity index (χ4n) is 3.91. The highest BCUT2D eigenvalue weighted by Crippen LogP contribution is 2.22. The first-order chi connectivity index (χ1) is 16.6. The van der Waals surface area contributed by atoms with Crippen LogP contribution in [0.1, 0.15) is 24.8 Å². The normalized spacial score (nSPS) is 25.5. The van der Waals surface area contributed by atoms with Gasteiger partial charge >= 0.3 is 0 Å². The van der Waals surface area contributed by atoms with Gasteiger partial charge < -0.3 is 39.7 Å². The van der Waals surface area contributed by atoms with Crippen LogP contribution in [-0.2, 0) is 20.7 Å². The summed E-state index contributed by atoms with van der Waals surface area (Å²) >= 11 is 0. The molecule has 12 nitrogen and oxygen atoms in total. The fraction of sp³-hybridized carbons (Fsp3) is 0.696. The third-order valence-corrected chi connectivity index (χ3v) is 6.03. The van der Waals surface area contributed by atoms with Crippen molar-refractivity contribution < 1.29 is 39.2 Å². The zero-order valence-corrected chi connectivity index (χ0v) is 20.5. The van der Waals surface area contributed by atoms with Gasteiger partial charge in [-0.25, -0.2) is 0 Å². The Balaban J connectivity index is 1.85. The van der Waals surface area contributed by atoms with Crippen LogP contribution in [0.5, 0.6) is 0 Å². The number of unbranched alkanes of at least 4 members (excludes halogenated alkanes) is 1. The van der Waals surface area contributed by atoms with Crippen molar-refractivity contribution in [2.24, 2.45) is 5.11 Å². The van der Waals surface area contributed by atoms with E-state index in [0.717, 1.165) is 18.4 Å². The Morgan fingerprint density at radius 1 is 1.17 bits per heavy atom. The minimum absolute atomic E-state index is 0.0833.